The van der Waals surface area contributed by atoms with Gasteiger partial charge in [0, 0.05) is 6.61 Å². The lowest BCUT2D eigenvalue weighted by atomic mass is 9.89. The molecule has 1 rings (SSSR count). The molecule has 1 aliphatic rings. The number of hydrogen-bond acceptors (Lipinski definition) is 2. The summed E-state index contributed by atoms with van der Waals surface area (Å²) in [6, 6.07) is 0. The molecular formula is C13H26O2. The van der Waals surface area contributed by atoms with Crippen LogP contribution in [0.1, 0.15) is 53.4 Å². The summed E-state index contributed by atoms with van der Waals surface area (Å²) in [5, 5.41) is 10.0. The Morgan fingerprint density at radius 2 is 2.13 bits per heavy atom. The Hall–Kier alpha value is -0.0800. The lowest BCUT2D eigenvalue weighted by molar-refractivity contribution is -0.0585. The molecule has 0 spiro atoms. The minimum absolute atomic E-state index is 0.0403. The first-order chi connectivity index (χ1) is 6.97. The summed E-state index contributed by atoms with van der Waals surface area (Å²) in [4.78, 5) is 0. The maximum atomic E-state index is 10.0. The van der Waals surface area contributed by atoms with Crippen LogP contribution in [0.2, 0.25) is 0 Å². The van der Waals surface area contributed by atoms with Crippen LogP contribution in [0.5, 0.6) is 0 Å². The molecule has 0 amide bonds. The number of ether oxygens (including phenoxy) is 1. The Morgan fingerprint density at radius 3 is 2.60 bits per heavy atom. The molecule has 0 heterocycles. The van der Waals surface area contributed by atoms with E-state index in [1.54, 1.807) is 0 Å². The maximum Gasteiger partial charge on any atom is 0.0852 e. The van der Waals surface area contributed by atoms with Crippen LogP contribution in [-0.2, 0) is 4.74 Å². The average molecular weight is 214 g/mol. The molecule has 2 nitrogen and oxygen atoms in total. The van der Waals surface area contributed by atoms with Crippen LogP contribution < -0.4 is 0 Å². The van der Waals surface area contributed by atoms with Crippen LogP contribution in [-0.4, -0.2) is 23.9 Å². The van der Waals surface area contributed by atoms with Crippen molar-refractivity contribution in [1.82, 2.24) is 0 Å². The smallest absolute Gasteiger partial charge is 0.0852 e. The van der Waals surface area contributed by atoms with Crippen LogP contribution in [0.3, 0.4) is 0 Å². The third kappa shape index (κ3) is 3.46. The predicted octanol–water partition coefficient (Wildman–Crippen LogP) is 2.99. The van der Waals surface area contributed by atoms with Gasteiger partial charge in [-0.25, -0.2) is 0 Å². The molecule has 1 fully saturated rings. The van der Waals surface area contributed by atoms with Gasteiger partial charge in [-0.2, -0.15) is 0 Å². The second-order valence-electron chi connectivity index (χ2n) is 5.74. The second-order valence-corrected chi connectivity index (χ2v) is 5.74. The summed E-state index contributed by atoms with van der Waals surface area (Å²) in [5.41, 5.74) is 0.0403. The van der Waals surface area contributed by atoms with E-state index in [9.17, 15) is 5.11 Å². The highest BCUT2D eigenvalue weighted by molar-refractivity contribution is 4.91. The molecule has 2 heteroatoms. The first-order valence-electron chi connectivity index (χ1n) is 6.27. The van der Waals surface area contributed by atoms with Crippen molar-refractivity contribution < 1.29 is 9.84 Å². The van der Waals surface area contributed by atoms with E-state index in [0.29, 0.717) is 5.92 Å². The summed E-state index contributed by atoms with van der Waals surface area (Å²) in [5.74, 6) is 0.617. The Balaban J connectivity index is 2.29. The molecule has 0 aliphatic heterocycles. The minimum atomic E-state index is -0.286. The van der Waals surface area contributed by atoms with E-state index >= 15 is 0 Å². The molecule has 0 aromatic carbocycles. The van der Waals surface area contributed by atoms with Gasteiger partial charge in [0.05, 0.1) is 12.2 Å². The van der Waals surface area contributed by atoms with Crippen LogP contribution in [0.25, 0.3) is 0 Å². The third-order valence-electron chi connectivity index (χ3n) is 3.60. The van der Waals surface area contributed by atoms with Gasteiger partial charge < -0.3 is 9.84 Å². The molecule has 0 aromatic heterocycles. The van der Waals surface area contributed by atoms with Crippen LogP contribution in [0, 0.1) is 11.3 Å². The van der Waals surface area contributed by atoms with Crippen molar-refractivity contribution in [2.75, 3.05) is 6.61 Å². The van der Waals surface area contributed by atoms with Gasteiger partial charge in [0.25, 0.3) is 0 Å². The molecule has 3 atom stereocenters. The average Bonchev–Trinajstić information content (AvgIpc) is 2.41. The van der Waals surface area contributed by atoms with Gasteiger partial charge in [0.2, 0.25) is 0 Å². The molecule has 3 unspecified atom stereocenters. The summed E-state index contributed by atoms with van der Waals surface area (Å²) < 4.78 is 5.82. The molecule has 0 radical (unpaired) electrons. The van der Waals surface area contributed by atoms with E-state index < -0.39 is 0 Å². The SMILES string of the molecule is CCCC(C)COC1CCC(C)(C)C1O. The molecule has 0 saturated heterocycles. The monoisotopic (exact) mass is 214 g/mol. The number of aliphatic hydroxyl groups is 1. The van der Waals surface area contributed by atoms with Gasteiger partial charge in [-0.05, 0) is 30.6 Å². The quantitative estimate of drug-likeness (QED) is 0.762. The van der Waals surface area contributed by atoms with Crippen LogP contribution in [0.4, 0.5) is 0 Å². The molecular weight excluding hydrogens is 188 g/mol. The summed E-state index contributed by atoms with van der Waals surface area (Å²) in [7, 11) is 0. The lowest BCUT2D eigenvalue weighted by Gasteiger charge is -2.26. The Kier molecular flexibility index (Phi) is 4.60. The third-order valence-corrected chi connectivity index (χ3v) is 3.60. The van der Waals surface area contributed by atoms with Crippen LogP contribution in [0.15, 0.2) is 0 Å². The summed E-state index contributed by atoms with van der Waals surface area (Å²) >= 11 is 0. The zero-order valence-electron chi connectivity index (χ0n) is 10.6. The molecule has 15 heavy (non-hydrogen) atoms. The van der Waals surface area contributed by atoms with Crippen molar-refractivity contribution >= 4 is 0 Å². The van der Waals surface area contributed by atoms with Crippen LogP contribution >= 0.6 is 0 Å². The molecule has 1 N–H and O–H groups in total. The van der Waals surface area contributed by atoms with Gasteiger partial charge in [0.15, 0.2) is 0 Å². The number of rotatable bonds is 5. The van der Waals surface area contributed by atoms with E-state index in [1.165, 1.54) is 12.8 Å². The van der Waals surface area contributed by atoms with Gasteiger partial charge >= 0.3 is 0 Å². The maximum absolute atomic E-state index is 10.0. The molecule has 1 aliphatic carbocycles. The standard InChI is InChI=1S/C13H26O2/c1-5-6-10(2)9-15-11-7-8-13(3,4)12(11)14/h10-12,14H,5-9H2,1-4H3. The molecule has 90 valence electrons. The normalized spacial score (nSPS) is 31.8. The van der Waals surface area contributed by atoms with Crippen molar-refractivity contribution in [3.8, 4) is 0 Å². The zero-order valence-corrected chi connectivity index (χ0v) is 10.6. The first kappa shape index (κ1) is 13.0. The highest BCUT2D eigenvalue weighted by Crippen LogP contribution is 2.39. The van der Waals surface area contributed by atoms with Crippen molar-refractivity contribution in [2.24, 2.45) is 11.3 Å². The fourth-order valence-corrected chi connectivity index (χ4v) is 2.36. The van der Waals surface area contributed by atoms with Gasteiger partial charge in [-0.15, -0.1) is 0 Å². The van der Waals surface area contributed by atoms with E-state index in [4.69, 9.17) is 4.74 Å². The lowest BCUT2D eigenvalue weighted by Crippen LogP contribution is -2.33. The first-order valence-corrected chi connectivity index (χ1v) is 6.27. The van der Waals surface area contributed by atoms with Gasteiger partial charge in [-0.1, -0.05) is 34.1 Å². The van der Waals surface area contributed by atoms with E-state index in [1.807, 2.05) is 0 Å². The topological polar surface area (TPSA) is 29.5 Å². The Morgan fingerprint density at radius 1 is 1.47 bits per heavy atom. The molecule has 1 saturated carbocycles. The van der Waals surface area contributed by atoms with Crippen molar-refractivity contribution in [2.45, 2.75) is 65.6 Å². The highest BCUT2D eigenvalue weighted by atomic mass is 16.5. The molecule has 0 aromatic rings. The van der Waals surface area contributed by atoms with E-state index in [0.717, 1.165) is 19.4 Å². The predicted molar refractivity (Wildman–Crippen MR) is 62.8 cm³/mol. The minimum Gasteiger partial charge on any atom is -0.390 e. The van der Waals surface area contributed by atoms with Gasteiger partial charge in [0.1, 0.15) is 0 Å². The number of hydrogen-bond donors (Lipinski definition) is 1. The van der Waals surface area contributed by atoms with Crippen molar-refractivity contribution in [3.05, 3.63) is 0 Å². The van der Waals surface area contributed by atoms with E-state index in [2.05, 4.69) is 27.7 Å². The summed E-state index contributed by atoms with van der Waals surface area (Å²) in [6.07, 6.45) is 4.29. The second kappa shape index (κ2) is 5.31. The van der Waals surface area contributed by atoms with Gasteiger partial charge in [-0.3, -0.25) is 0 Å². The largest absolute Gasteiger partial charge is 0.390 e. The fraction of sp³-hybridized carbons (Fsp3) is 1.00. The highest BCUT2D eigenvalue weighted by Gasteiger charge is 2.41. The van der Waals surface area contributed by atoms with E-state index in [-0.39, 0.29) is 17.6 Å². The Labute approximate surface area is 94.0 Å². The van der Waals surface area contributed by atoms with Crippen molar-refractivity contribution in [3.63, 3.8) is 0 Å². The molecule has 0 bridgehead atoms. The number of aliphatic hydroxyl groups excluding tert-OH is 1. The fourth-order valence-electron chi connectivity index (χ4n) is 2.36. The van der Waals surface area contributed by atoms with Crippen molar-refractivity contribution in [1.29, 1.82) is 0 Å². The summed E-state index contributed by atoms with van der Waals surface area (Å²) in [6.45, 7) is 9.46. The zero-order chi connectivity index (χ0) is 11.5. The Bertz CT molecular complexity index is 189.